The lowest BCUT2D eigenvalue weighted by Crippen LogP contribution is -2.39. The second-order valence-electron chi connectivity index (χ2n) is 10.7. The van der Waals surface area contributed by atoms with Gasteiger partial charge in [-0.15, -0.1) is 0 Å². The Morgan fingerprint density at radius 3 is 2.22 bits per heavy atom. The summed E-state index contributed by atoms with van der Waals surface area (Å²) in [6.45, 7) is 0. The molecule has 0 radical (unpaired) electrons. The van der Waals surface area contributed by atoms with Gasteiger partial charge in [-0.1, -0.05) is 77.9 Å². The molecule has 7 aliphatic carbocycles. The maximum Gasteiger partial charge on any atom is 0.135 e. The van der Waals surface area contributed by atoms with Crippen LogP contribution >= 0.6 is 0 Å². The van der Waals surface area contributed by atoms with Gasteiger partial charge in [-0.2, -0.15) is 0 Å². The number of allylic oxidation sites excluding steroid dienone is 6. The van der Waals surface area contributed by atoms with Gasteiger partial charge in [0.05, 0.1) is 6.04 Å². The minimum Gasteiger partial charge on any atom is -0.334 e. The molecule has 10 rings (SSSR count). The smallest absolute Gasteiger partial charge is 0.135 e. The van der Waals surface area contributed by atoms with Crippen molar-refractivity contribution in [2.24, 2.45) is 11.3 Å². The number of hydrogen-bond acceptors (Lipinski definition) is 3. The Morgan fingerprint density at radius 2 is 1.50 bits per heavy atom. The average molecular weight is 470 g/mol. The van der Waals surface area contributed by atoms with Crippen molar-refractivity contribution in [2.75, 3.05) is 4.90 Å². The molecule has 3 unspecified atom stereocenters. The van der Waals surface area contributed by atoms with Crippen molar-refractivity contribution in [3.8, 4) is 0 Å². The Labute approximate surface area is 213 Å². The molecule has 4 atom stereocenters. The van der Waals surface area contributed by atoms with E-state index in [2.05, 4.69) is 106 Å². The lowest BCUT2D eigenvalue weighted by atomic mass is 9.77. The van der Waals surface area contributed by atoms with Gasteiger partial charge >= 0.3 is 0 Å². The van der Waals surface area contributed by atoms with Gasteiger partial charge in [0.2, 0.25) is 0 Å². The van der Waals surface area contributed by atoms with E-state index in [1.807, 2.05) is 18.5 Å². The molecule has 1 aromatic heterocycles. The monoisotopic (exact) mass is 469 g/mol. The molecular formula is C33H31N3. The van der Waals surface area contributed by atoms with Crippen molar-refractivity contribution in [1.82, 2.24) is 9.97 Å². The Balaban J connectivity index is 1.29. The third kappa shape index (κ3) is 3.74. The lowest BCUT2D eigenvalue weighted by molar-refractivity contribution is 0.478. The number of aromatic nitrogens is 2. The molecule has 1 heterocycles. The van der Waals surface area contributed by atoms with Gasteiger partial charge in [-0.25, -0.2) is 9.97 Å². The maximum absolute atomic E-state index is 4.65. The topological polar surface area (TPSA) is 29.0 Å². The first-order chi connectivity index (χ1) is 17.8. The van der Waals surface area contributed by atoms with Gasteiger partial charge in [-0.3, -0.25) is 0 Å². The van der Waals surface area contributed by atoms with Crippen LogP contribution in [0.3, 0.4) is 0 Å². The molecule has 3 nitrogen and oxygen atoms in total. The normalized spacial score (nSPS) is 28.2. The predicted octanol–water partition coefficient (Wildman–Crippen LogP) is 7.71. The van der Waals surface area contributed by atoms with Gasteiger partial charge in [0, 0.05) is 35.1 Å². The van der Waals surface area contributed by atoms with Crippen molar-refractivity contribution >= 4 is 11.4 Å². The third-order valence-corrected chi connectivity index (χ3v) is 8.63. The zero-order chi connectivity index (χ0) is 24.0. The summed E-state index contributed by atoms with van der Waals surface area (Å²) in [5.41, 5.74) is 7.15. The fourth-order valence-corrected chi connectivity index (χ4v) is 6.66. The molecule has 1 fully saturated rings. The lowest BCUT2D eigenvalue weighted by Gasteiger charge is -2.40. The highest BCUT2D eigenvalue weighted by Gasteiger charge is 2.59. The zero-order valence-electron chi connectivity index (χ0n) is 20.5. The van der Waals surface area contributed by atoms with Gasteiger partial charge in [-0.05, 0) is 73.9 Å². The summed E-state index contributed by atoms with van der Waals surface area (Å²) in [6, 6.07) is 24.1. The van der Waals surface area contributed by atoms with E-state index in [1.54, 1.807) is 5.57 Å². The van der Waals surface area contributed by atoms with Gasteiger partial charge in [0.1, 0.15) is 5.82 Å². The molecule has 1 spiro atoms. The highest BCUT2D eigenvalue weighted by molar-refractivity contribution is 5.67. The van der Waals surface area contributed by atoms with Crippen LogP contribution in [0.2, 0.25) is 0 Å². The number of nitrogens with zero attached hydrogens (tertiary/aromatic N) is 3. The van der Waals surface area contributed by atoms with Crippen molar-refractivity contribution < 1.29 is 0 Å². The molecule has 3 heteroatoms. The first-order valence-corrected chi connectivity index (χ1v) is 13.2. The Morgan fingerprint density at radius 1 is 0.778 bits per heavy atom. The van der Waals surface area contributed by atoms with Crippen LogP contribution < -0.4 is 4.90 Å². The summed E-state index contributed by atoms with van der Waals surface area (Å²) in [4.78, 5) is 11.9. The first kappa shape index (κ1) is 21.6. The van der Waals surface area contributed by atoms with Gasteiger partial charge in [0.25, 0.3) is 0 Å². The molecule has 36 heavy (non-hydrogen) atoms. The molecule has 7 aliphatic rings. The highest BCUT2D eigenvalue weighted by atomic mass is 15.2. The summed E-state index contributed by atoms with van der Waals surface area (Å²) >= 11 is 0. The predicted molar refractivity (Wildman–Crippen MR) is 146 cm³/mol. The number of rotatable bonds is 4. The summed E-state index contributed by atoms with van der Waals surface area (Å²) in [7, 11) is 0. The van der Waals surface area contributed by atoms with E-state index in [9.17, 15) is 0 Å². The Hall–Kier alpha value is -3.72. The maximum atomic E-state index is 4.65. The molecule has 1 saturated carbocycles. The SMILES string of the molecule is C1=CC23CC2CC2=CC=C(CCC1=CC3N(c1ccccc1)c1ccccc1)[C@@H](c1ncccn1)C2. The van der Waals surface area contributed by atoms with Crippen molar-refractivity contribution in [1.29, 1.82) is 0 Å². The minimum atomic E-state index is 0.165. The first-order valence-electron chi connectivity index (χ1n) is 13.2. The van der Waals surface area contributed by atoms with Crippen molar-refractivity contribution in [3.63, 3.8) is 0 Å². The second-order valence-corrected chi connectivity index (χ2v) is 10.7. The van der Waals surface area contributed by atoms with Gasteiger partial charge in [0.15, 0.2) is 0 Å². The fraction of sp³-hybridized carbons (Fsp3) is 0.273. The number of anilines is 2. The standard InChI is InChI=1S/C33H31N3/c1-3-8-28(9-4-1)36(29-10-5-2-6-11-29)31-22-24-12-14-26-15-13-25(20-27-23-33(27,31)17-16-24)21-30(26)32-34-18-7-19-35-32/h1-11,13,15-19,22,27,30-31H,12,14,20-21,23H2/t27?,30-,31?,33?/m0/s1. The zero-order valence-corrected chi connectivity index (χ0v) is 20.5. The molecule has 2 aromatic carbocycles. The molecule has 0 aliphatic heterocycles. The third-order valence-electron chi connectivity index (χ3n) is 8.63. The van der Waals surface area contributed by atoms with Crippen LogP contribution in [0.4, 0.5) is 11.4 Å². The van der Waals surface area contributed by atoms with E-state index in [0.717, 1.165) is 31.5 Å². The van der Waals surface area contributed by atoms with E-state index in [4.69, 9.17) is 0 Å². The number of benzene rings is 2. The van der Waals surface area contributed by atoms with E-state index >= 15 is 0 Å². The molecule has 178 valence electrons. The highest BCUT2D eigenvalue weighted by Crippen LogP contribution is 2.64. The quantitative estimate of drug-likeness (QED) is 0.392. The van der Waals surface area contributed by atoms with E-state index < -0.39 is 0 Å². The summed E-state index contributed by atoms with van der Waals surface area (Å²) in [6.07, 6.45) is 21.7. The van der Waals surface area contributed by atoms with Crippen LogP contribution in [-0.4, -0.2) is 16.0 Å². The Bertz CT molecular complexity index is 1330. The number of hydrogen-bond donors (Lipinski definition) is 0. The molecule has 0 N–H and O–H groups in total. The van der Waals surface area contributed by atoms with Crippen LogP contribution in [0.5, 0.6) is 0 Å². The summed E-state index contributed by atoms with van der Waals surface area (Å²) in [5, 5.41) is 0. The molecule has 0 saturated heterocycles. The summed E-state index contributed by atoms with van der Waals surface area (Å²) < 4.78 is 0. The fourth-order valence-electron chi connectivity index (χ4n) is 6.66. The van der Waals surface area contributed by atoms with E-state index in [0.29, 0.717) is 17.9 Å². The van der Waals surface area contributed by atoms with Crippen molar-refractivity contribution in [2.45, 2.75) is 44.1 Å². The molecule has 0 amide bonds. The number of para-hydroxylation sites is 2. The second kappa shape index (κ2) is 8.74. The molecule has 3 aromatic rings. The largest absolute Gasteiger partial charge is 0.334 e. The summed E-state index contributed by atoms with van der Waals surface area (Å²) in [5.74, 6) is 1.93. The Kier molecular flexibility index (Phi) is 5.23. The van der Waals surface area contributed by atoms with Crippen LogP contribution in [-0.2, 0) is 0 Å². The average Bonchev–Trinajstić information content (AvgIpc) is 3.61. The van der Waals surface area contributed by atoms with Crippen LogP contribution in [0.25, 0.3) is 0 Å². The minimum absolute atomic E-state index is 0.165. The van der Waals surface area contributed by atoms with E-state index in [1.165, 1.54) is 28.9 Å². The van der Waals surface area contributed by atoms with Gasteiger partial charge < -0.3 is 4.90 Å². The van der Waals surface area contributed by atoms with Crippen molar-refractivity contribution in [3.05, 3.63) is 132 Å². The van der Waals surface area contributed by atoms with Crippen LogP contribution in [0.15, 0.2) is 126 Å². The molecule has 4 bridgehead atoms. The van der Waals surface area contributed by atoms with Crippen LogP contribution in [0, 0.1) is 11.3 Å². The van der Waals surface area contributed by atoms with E-state index in [-0.39, 0.29) is 5.41 Å². The van der Waals surface area contributed by atoms with Crippen LogP contribution in [0.1, 0.15) is 43.8 Å². The molecular weight excluding hydrogens is 438 g/mol.